The summed E-state index contributed by atoms with van der Waals surface area (Å²) in [6.45, 7) is 0. The Morgan fingerprint density at radius 1 is 1.04 bits per heavy atom. The molecule has 4 heteroatoms. The highest BCUT2D eigenvalue weighted by atomic mass is 16.7. The normalized spacial score (nSPS) is 25.6. The van der Waals surface area contributed by atoms with Crippen LogP contribution in [-0.2, 0) is 19.9 Å². The number of benzene rings is 2. The highest BCUT2D eigenvalue weighted by Crippen LogP contribution is 2.52. The van der Waals surface area contributed by atoms with Crippen LogP contribution in [0.5, 0.6) is 5.75 Å². The Labute approximate surface area is 141 Å². The molecule has 0 radical (unpaired) electrons. The molecule has 1 aliphatic heterocycles. The maximum atomic E-state index is 12.5. The van der Waals surface area contributed by atoms with Crippen molar-refractivity contribution in [2.75, 3.05) is 7.11 Å². The van der Waals surface area contributed by atoms with Gasteiger partial charge in [-0.1, -0.05) is 42.5 Å². The van der Waals surface area contributed by atoms with Gasteiger partial charge in [0.2, 0.25) is 0 Å². The first kappa shape index (κ1) is 15.2. The molecular formula is C20H20O4. The fraction of sp³-hybridized carbons (Fsp3) is 0.350. The summed E-state index contributed by atoms with van der Waals surface area (Å²) < 4.78 is 16.8. The molecule has 0 N–H and O–H groups in total. The Hall–Kier alpha value is -2.33. The van der Waals surface area contributed by atoms with E-state index in [0.29, 0.717) is 0 Å². The number of carbonyl (C=O) groups excluding carboxylic acids is 1. The molecule has 4 nitrogen and oxygen atoms in total. The van der Waals surface area contributed by atoms with Crippen molar-refractivity contribution in [1.29, 1.82) is 0 Å². The Kier molecular flexibility index (Phi) is 3.77. The predicted molar refractivity (Wildman–Crippen MR) is 88.8 cm³/mol. The van der Waals surface area contributed by atoms with E-state index in [1.165, 1.54) is 0 Å². The molecule has 1 saturated carbocycles. The average molecular weight is 324 g/mol. The van der Waals surface area contributed by atoms with Crippen molar-refractivity contribution in [2.45, 2.75) is 37.1 Å². The highest BCUT2D eigenvalue weighted by Gasteiger charge is 2.64. The number of carbonyl (C=O) groups is 1. The van der Waals surface area contributed by atoms with Gasteiger partial charge in [0, 0.05) is 0 Å². The van der Waals surface area contributed by atoms with Gasteiger partial charge in [-0.2, -0.15) is 0 Å². The zero-order valence-corrected chi connectivity index (χ0v) is 13.6. The number of ether oxygens (including phenoxy) is 3. The van der Waals surface area contributed by atoms with E-state index in [-0.39, 0.29) is 12.1 Å². The van der Waals surface area contributed by atoms with Gasteiger partial charge < -0.3 is 14.2 Å². The second-order valence-electron chi connectivity index (χ2n) is 6.32. The van der Waals surface area contributed by atoms with E-state index in [2.05, 4.69) is 0 Å². The Morgan fingerprint density at radius 3 is 2.29 bits per heavy atom. The standard InChI is InChI=1S/C20H20O4/c1-22-16-12-10-15(11-13-16)20(14-6-3-2-4-7-14)18(24-20)19(21)23-17-8-5-9-17/h2-4,6-7,10-13,17-18H,5,8-9H2,1H3. The highest BCUT2D eigenvalue weighted by molar-refractivity contribution is 5.82. The average Bonchev–Trinajstić information content (AvgIpc) is 3.36. The van der Waals surface area contributed by atoms with E-state index in [1.54, 1.807) is 7.11 Å². The molecule has 2 aliphatic rings. The van der Waals surface area contributed by atoms with Crippen molar-refractivity contribution in [2.24, 2.45) is 0 Å². The molecule has 2 aromatic rings. The smallest absolute Gasteiger partial charge is 0.339 e. The van der Waals surface area contributed by atoms with E-state index >= 15 is 0 Å². The summed E-state index contributed by atoms with van der Waals surface area (Å²) in [5.74, 6) is 0.510. The molecule has 2 unspecified atom stereocenters. The van der Waals surface area contributed by atoms with Gasteiger partial charge in [-0.3, -0.25) is 0 Å². The number of hydrogen-bond acceptors (Lipinski definition) is 4. The fourth-order valence-electron chi connectivity index (χ4n) is 3.21. The van der Waals surface area contributed by atoms with Crippen molar-refractivity contribution in [3.8, 4) is 5.75 Å². The summed E-state index contributed by atoms with van der Waals surface area (Å²) in [6, 6.07) is 17.5. The van der Waals surface area contributed by atoms with Crippen LogP contribution in [-0.4, -0.2) is 25.3 Å². The van der Waals surface area contributed by atoms with Crippen LogP contribution in [0.25, 0.3) is 0 Å². The van der Waals surface area contributed by atoms with Gasteiger partial charge in [-0.05, 0) is 42.5 Å². The van der Waals surface area contributed by atoms with Crippen molar-refractivity contribution < 1.29 is 19.0 Å². The summed E-state index contributed by atoms with van der Waals surface area (Å²) >= 11 is 0. The molecule has 2 atom stereocenters. The van der Waals surface area contributed by atoms with E-state index in [9.17, 15) is 4.79 Å². The Morgan fingerprint density at radius 2 is 1.71 bits per heavy atom. The molecule has 0 aromatic heterocycles. The van der Waals surface area contributed by atoms with Crippen LogP contribution in [0.15, 0.2) is 54.6 Å². The van der Waals surface area contributed by atoms with E-state index < -0.39 is 11.7 Å². The monoisotopic (exact) mass is 324 g/mol. The fourth-order valence-corrected chi connectivity index (χ4v) is 3.21. The summed E-state index contributed by atoms with van der Waals surface area (Å²) in [4.78, 5) is 12.5. The number of epoxide rings is 1. The molecule has 24 heavy (non-hydrogen) atoms. The topological polar surface area (TPSA) is 48.1 Å². The van der Waals surface area contributed by atoms with Crippen LogP contribution >= 0.6 is 0 Å². The molecule has 124 valence electrons. The lowest BCUT2D eigenvalue weighted by Crippen LogP contribution is -2.30. The minimum absolute atomic E-state index is 0.0611. The minimum Gasteiger partial charge on any atom is -0.497 e. The molecular weight excluding hydrogens is 304 g/mol. The molecule has 1 heterocycles. The third-order valence-electron chi connectivity index (χ3n) is 4.89. The lowest BCUT2D eigenvalue weighted by Gasteiger charge is -2.25. The Bertz CT molecular complexity index is 721. The minimum atomic E-state index is -0.756. The summed E-state index contributed by atoms with van der Waals surface area (Å²) in [7, 11) is 1.63. The largest absolute Gasteiger partial charge is 0.497 e. The van der Waals surface area contributed by atoms with Crippen molar-refractivity contribution in [3.63, 3.8) is 0 Å². The van der Waals surface area contributed by atoms with Crippen LogP contribution in [0.2, 0.25) is 0 Å². The Balaban J connectivity index is 1.65. The molecule has 0 amide bonds. The van der Waals surface area contributed by atoms with Gasteiger partial charge >= 0.3 is 5.97 Å². The maximum Gasteiger partial charge on any atom is 0.339 e. The molecule has 0 bridgehead atoms. The van der Waals surface area contributed by atoms with Crippen LogP contribution in [0.3, 0.4) is 0 Å². The predicted octanol–water partition coefficient (Wildman–Crippen LogP) is 3.43. The summed E-state index contributed by atoms with van der Waals surface area (Å²) in [5, 5.41) is 0. The lowest BCUT2D eigenvalue weighted by atomic mass is 9.87. The number of rotatable bonds is 5. The molecule has 2 fully saturated rings. The SMILES string of the molecule is COc1ccc(C2(c3ccccc3)OC2C(=O)OC2CCC2)cc1. The zero-order valence-electron chi connectivity index (χ0n) is 13.6. The van der Waals surface area contributed by atoms with Gasteiger partial charge in [0.05, 0.1) is 7.11 Å². The van der Waals surface area contributed by atoms with Crippen LogP contribution in [0.1, 0.15) is 30.4 Å². The van der Waals surface area contributed by atoms with E-state index in [4.69, 9.17) is 14.2 Å². The van der Waals surface area contributed by atoms with Gasteiger partial charge in [0.1, 0.15) is 11.9 Å². The zero-order chi connectivity index (χ0) is 16.6. The van der Waals surface area contributed by atoms with Gasteiger partial charge in [-0.15, -0.1) is 0 Å². The van der Waals surface area contributed by atoms with Crippen molar-refractivity contribution >= 4 is 5.97 Å². The van der Waals surface area contributed by atoms with Crippen LogP contribution in [0, 0.1) is 0 Å². The lowest BCUT2D eigenvalue weighted by molar-refractivity contribution is -0.154. The third kappa shape index (κ3) is 2.47. The summed E-state index contributed by atoms with van der Waals surface area (Å²) in [6.07, 6.45) is 2.52. The third-order valence-corrected chi connectivity index (χ3v) is 4.89. The number of hydrogen-bond donors (Lipinski definition) is 0. The van der Waals surface area contributed by atoms with E-state index in [0.717, 1.165) is 36.1 Å². The molecule has 2 aromatic carbocycles. The molecule has 4 rings (SSSR count). The quantitative estimate of drug-likeness (QED) is 0.624. The van der Waals surface area contributed by atoms with Gasteiger partial charge in [0.25, 0.3) is 0 Å². The van der Waals surface area contributed by atoms with E-state index in [1.807, 2.05) is 54.6 Å². The van der Waals surface area contributed by atoms with Crippen LogP contribution < -0.4 is 4.74 Å². The van der Waals surface area contributed by atoms with Crippen LogP contribution in [0.4, 0.5) is 0 Å². The van der Waals surface area contributed by atoms with Gasteiger partial charge in [0.15, 0.2) is 11.7 Å². The second-order valence-corrected chi connectivity index (χ2v) is 6.32. The molecule has 0 spiro atoms. The first-order valence-corrected chi connectivity index (χ1v) is 8.32. The van der Waals surface area contributed by atoms with Gasteiger partial charge in [-0.25, -0.2) is 4.79 Å². The number of methoxy groups -OCH3 is 1. The second kappa shape index (κ2) is 5.95. The first-order valence-electron chi connectivity index (χ1n) is 8.32. The summed E-state index contributed by atoms with van der Waals surface area (Å²) in [5.41, 5.74) is 1.14. The number of esters is 1. The molecule has 1 aliphatic carbocycles. The molecule has 1 saturated heterocycles. The van der Waals surface area contributed by atoms with Crippen molar-refractivity contribution in [3.05, 3.63) is 65.7 Å². The first-order chi connectivity index (χ1) is 11.7. The maximum absolute atomic E-state index is 12.5. The van der Waals surface area contributed by atoms with Crippen molar-refractivity contribution in [1.82, 2.24) is 0 Å².